The van der Waals surface area contributed by atoms with Crippen LogP contribution in [0, 0.1) is 0 Å². The van der Waals surface area contributed by atoms with Crippen LogP contribution >= 0.6 is 11.6 Å². The highest BCUT2D eigenvalue weighted by molar-refractivity contribution is 6.30. The normalized spacial score (nSPS) is 19.6. The van der Waals surface area contributed by atoms with Crippen LogP contribution in [0.3, 0.4) is 0 Å². The van der Waals surface area contributed by atoms with E-state index in [-0.39, 0.29) is 0 Å². The summed E-state index contributed by atoms with van der Waals surface area (Å²) in [6, 6.07) is 8.97. The van der Waals surface area contributed by atoms with Crippen molar-refractivity contribution in [1.82, 2.24) is 5.32 Å². The molecule has 88 valence electrons. The Bertz CT molecular complexity index is 336. The minimum absolute atomic E-state index is 0.349. The number of rotatable bonds is 3. The molecule has 0 saturated carbocycles. The number of ether oxygens (including phenoxy) is 1. The molecule has 0 spiro atoms. The molecule has 3 heteroatoms. The van der Waals surface area contributed by atoms with E-state index in [4.69, 9.17) is 16.3 Å². The van der Waals surface area contributed by atoms with E-state index in [0.717, 1.165) is 31.1 Å². The number of halogens is 1. The highest BCUT2D eigenvalue weighted by atomic mass is 35.5. The Morgan fingerprint density at radius 3 is 2.81 bits per heavy atom. The molecule has 1 heterocycles. The van der Waals surface area contributed by atoms with E-state index in [1.165, 1.54) is 5.56 Å². The summed E-state index contributed by atoms with van der Waals surface area (Å²) in [6.45, 7) is 3.93. The van der Waals surface area contributed by atoms with Crippen molar-refractivity contribution in [2.24, 2.45) is 0 Å². The molecule has 2 nitrogen and oxygen atoms in total. The number of hydrogen-bond acceptors (Lipinski definition) is 2. The first kappa shape index (κ1) is 11.9. The molecule has 0 unspecified atom stereocenters. The maximum Gasteiger partial charge on any atom is 0.0480 e. The van der Waals surface area contributed by atoms with Crippen LogP contribution in [0.4, 0.5) is 0 Å². The molecule has 1 aliphatic heterocycles. The Morgan fingerprint density at radius 2 is 2.12 bits per heavy atom. The summed E-state index contributed by atoms with van der Waals surface area (Å²) < 4.78 is 5.34. The SMILES string of the molecule is C[C@@H](NC1CCOCC1)c1cccc(Cl)c1. The molecule has 1 N–H and O–H groups in total. The van der Waals surface area contributed by atoms with Crippen molar-refractivity contribution >= 4 is 11.6 Å². The Kier molecular flexibility index (Phi) is 4.22. The average molecular weight is 240 g/mol. The molecule has 1 aromatic rings. The van der Waals surface area contributed by atoms with E-state index in [9.17, 15) is 0 Å². The standard InChI is InChI=1S/C13H18ClNO/c1-10(11-3-2-4-12(14)9-11)15-13-5-7-16-8-6-13/h2-4,9-10,13,15H,5-8H2,1H3/t10-/m1/s1. The molecule has 0 aromatic heterocycles. The second-order valence-electron chi connectivity index (χ2n) is 4.33. The minimum Gasteiger partial charge on any atom is -0.381 e. The molecule has 0 aliphatic carbocycles. The van der Waals surface area contributed by atoms with Crippen molar-refractivity contribution < 1.29 is 4.74 Å². The number of hydrogen-bond donors (Lipinski definition) is 1. The van der Waals surface area contributed by atoms with Crippen LogP contribution < -0.4 is 5.32 Å². The van der Waals surface area contributed by atoms with Crippen molar-refractivity contribution in [1.29, 1.82) is 0 Å². The van der Waals surface area contributed by atoms with Gasteiger partial charge in [-0.3, -0.25) is 0 Å². The summed E-state index contributed by atoms with van der Waals surface area (Å²) in [5, 5.41) is 4.43. The fraction of sp³-hybridized carbons (Fsp3) is 0.538. The third-order valence-corrected chi connectivity index (χ3v) is 3.29. The second kappa shape index (κ2) is 5.67. The van der Waals surface area contributed by atoms with E-state index in [2.05, 4.69) is 18.3 Å². The monoisotopic (exact) mass is 239 g/mol. The molecular formula is C13H18ClNO. The highest BCUT2D eigenvalue weighted by Crippen LogP contribution is 2.19. The van der Waals surface area contributed by atoms with E-state index in [1.54, 1.807) is 0 Å². The van der Waals surface area contributed by atoms with E-state index < -0.39 is 0 Å². The number of nitrogens with one attached hydrogen (secondary N) is 1. The smallest absolute Gasteiger partial charge is 0.0480 e. The quantitative estimate of drug-likeness (QED) is 0.875. The molecule has 0 amide bonds. The van der Waals surface area contributed by atoms with Gasteiger partial charge in [-0.15, -0.1) is 0 Å². The Morgan fingerprint density at radius 1 is 1.38 bits per heavy atom. The van der Waals surface area contributed by atoms with E-state index in [0.29, 0.717) is 12.1 Å². The predicted molar refractivity (Wildman–Crippen MR) is 66.8 cm³/mol. The maximum atomic E-state index is 5.98. The Balaban J connectivity index is 1.94. The van der Waals surface area contributed by atoms with Crippen LogP contribution in [0.5, 0.6) is 0 Å². The van der Waals surface area contributed by atoms with E-state index >= 15 is 0 Å². The van der Waals surface area contributed by atoms with Crippen LogP contribution in [0.1, 0.15) is 31.4 Å². The van der Waals surface area contributed by atoms with Crippen LogP contribution in [0.25, 0.3) is 0 Å². The molecule has 1 saturated heterocycles. The van der Waals surface area contributed by atoms with Crippen LogP contribution in [-0.2, 0) is 4.74 Å². The first-order chi connectivity index (χ1) is 7.75. The van der Waals surface area contributed by atoms with Gasteiger partial charge in [-0.25, -0.2) is 0 Å². The van der Waals surface area contributed by atoms with Crippen molar-refractivity contribution in [2.75, 3.05) is 13.2 Å². The summed E-state index contributed by atoms with van der Waals surface area (Å²) in [5.74, 6) is 0. The predicted octanol–water partition coefficient (Wildman–Crippen LogP) is 3.17. The number of benzene rings is 1. The van der Waals surface area contributed by atoms with Gasteiger partial charge in [0.2, 0.25) is 0 Å². The summed E-state index contributed by atoms with van der Waals surface area (Å²) >= 11 is 5.98. The third-order valence-electron chi connectivity index (χ3n) is 3.06. The van der Waals surface area contributed by atoms with Gasteiger partial charge in [0, 0.05) is 30.3 Å². The highest BCUT2D eigenvalue weighted by Gasteiger charge is 2.16. The fourth-order valence-electron chi connectivity index (χ4n) is 2.09. The molecule has 1 aromatic carbocycles. The van der Waals surface area contributed by atoms with Crippen LogP contribution in [-0.4, -0.2) is 19.3 Å². The van der Waals surface area contributed by atoms with E-state index in [1.807, 2.05) is 18.2 Å². The summed E-state index contributed by atoms with van der Waals surface area (Å²) in [5.41, 5.74) is 1.25. The topological polar surface area (TPSA) is 21.3 Å². The van der Waals surface area contributed by atoms with Gasteiger partial charge in [0.1, 0.15) is 0 Å². The van der Waals surface area contributed by atoms with Gasteiger partial charge in [-0.1, -0.05) is 23.7 Å². The van der Waals surface area contributed by atoms with Gasteiger partial charge < -0.3 is 10.1 Å². The molecule has 2 rings (SSSR count). The lowest BCUT2D eigenvalue weighted by molar-refractivity contribution is 0.0754. The van der Waals surface area contributed by atoms with Crippen molar-refractivity contribution in [2.45, 2.75) is 31.8 Å². The van der Waals surface area contributed by atoms with Crippen LogP contribution in [0.2, 0.25) is 5.02 Å². The van der Waals surface area contributed by atoms with Gasteiger partial charge in [-0.2, -0.15) is 0 Å². The molecule has 1 atom stereocenters. The Labute approximate surface area is 102 Å². The zero-order valence-electron chi connectivity index (χ0n) is 9.58. The molecule has 1 aliphatic rings. The molecule has 16 heavy (non-hydrogen) atoms. The van der Waals surface area contributed by atoms with Gasteiger partial charge in [0.05, 0.1) is 0 Å². The first-order valence-electron chi connectivity index (χ1n) is 5.85. The minimum atomic E-state index is 0.349. The fourth-order valence-corrected chi connectivity index (χ4v) is 2.29. The lowest BCUT2D eigenvalue weighted by atomic mass is 10.0. The first-order valence-corrected chi connectivity index (χ1v) is 6.23. The van der Waals surface area contributed by atoms with Crippen molar-refractivity contribution in [3.05, 3.63) is 34.9 Å². The summed E-state index contributed by atoms with van der Waals surface area (Å²) in [7, 11) is 0. The van der Waals surface area contributed by atoms with Gasteiger partial charge >= 0.3 is 0 Å². The van der Waals surface area contributed by atoms with Gasteiger partial charge in [0.15, 0.2) is 0 Å². The average Bonchev–Trinajstić information content (AvgIpc) is 2.30. The summed E-state index contributed by atoms with van der Waals surface area (Å²) in [6.07, 6.45) is 2.20. The zero-order chi connectivity index (χ0) is 11.4. The maximum absolute atomic E-state index is 5.98. The van der Waals surface area contributed by atoms with Gasteiger partial charge in [0.25, 0.3) is 0 Å². The second-order valence-corrected chi connectivity index (χ2v) is 4.77. The Hall–Kier alpha value is -0.570. The van der Waals surface area contributed by atoms with Crippen LogP contribution in [0.15, 0.2) is 24.3 Å². The molecule has 0 radical (unpaired) electrons. The third kappa shape index (κ3) is 3.21. The molecular weight excluding hydrogens is 222 g/mol. The molecule has 0 bridgehead atoms. The lowest BCUT2D eigenvalue weighted by Crippen LogP contribution is -2.36. The molecule has 1 fully saturated rings. The zero-order valence-corrected chi connectivity index (χ0v) is 10.3. The van der Waals surface area contributed by atoms with Gasteiger partial charge in [-0.05, 0) is 37.5 Å². The summed E-state index contributed by atoms with van der Waals surface area (Å²) in [4.78, 5) is 0. The van der Waals surface area contributed by atoms with Crippen molar-refractivity contribution in [3.63, 3.8) is 0 Å². The lowest BCUT2D eigenvalue weighted by Gasteiger charge is -2.27. The largest absolute Gasteiger partial charge is 0.381 e. The van der Waals surface area contributed by atoms with Crippen molar-refractivity contribution in [3.8, 4) is 0 Å².